The van der Waals surface area contributed by atoms with Gasteiger partial charge in [-0.2, -0.15) is 0 Å². The van der Waals surface area contributed by atoms with Crippen LogP contribution in [0.15, 0.2) is 41.5 Å². The average Bonchev–Trinajstić information content (AvgIpc) is 2.26. The Labute approximate surface area is 93.1 Å². The Morgan fingerprint density at radius 1 is 1.31 bits per heavy atom. The Balaban J connectivity index is 2.43. The predicted octanol–water partition coefficient (Wildman–Crippen LogP) is 0.592. The van der Waals surface area contributed by atoms with Crippen molar-refractivity contribution in [3.8, 4) is 0 Å². The molecule has 4 heteroatoms. The SMILES string of the molecule is Cn1ccc(C2=CC(=O)[N+](C)C=C2)cc1=O. The maximum absolute atomic E-state index is 11.4. The lowest BCUT2D eigenvalue weighted by Gasteiger charge is -2.06. The van der Waals surface area contributed by atoms with E-state index in [1.165, 1.54) is 21.6 Å². The van der Waals surface area contributed by atoms with Crippen molar-refractivity contribution in [2.24, 2.45) is 7.05 Å². The lowest BCUT2D eigenvalue weighted by Crippen LogP contribution is -2.27. The number of allylic oxidation sites excluding steroid dienone is 2. The van der Waals surface area contributed by atoms with Gasteiger partial charge in [0.1, 0.15) is 7.05 Å². The summed E-state index contributed by atoms with van der Waals surface area (Å²) in [6, 6.07) is 3.34. The second kappa shape index (κ2) is 3.90. The summed E-state index contributed by atoms with van der Waals surface area (Å²) in [6.07, 6.45) is 6.72. The molecule has 2 heterocycles. The molecule has 0 atom stereocenters. The number of aryl methyl sites for hydroxylation is 1. The van der Waals surface area contributed by atoms with Gasteiger partial charge in [0.2, 0.25) is 0 Å². The average molecular weight is 216 g/mol. The van der Waals surface area contributed by atoms with Crippen LogP contribution in [0.2, 0.25) is 0 Å². The topological polar surface area (TPSA) is 45.0 Å². The van der Waals surface area contributed by atoms with Gasteiger partial charge in [0, 0.05) is 25.4 Å². The Morgan fingerprint density at radius 3 is 2.69 bits per heavy atom. The highest BCUT2D eigenvalue weighted by molar-refractivity contribution is 6.01. The normalized spacial score (nSPS) is 16.4. The third-order valence-corrected chi connectivity index (χ3v) is 2.54. The van der Waals surface area contributed by atoms with Crippen LogP contribution in [-0.4, -0.2) is 17.5 Å². The number of hydrogen-bond acceptors (Lipinski definition) is 2. The molecule has 1 radical (unpaired) electrons. The lowest BCUT2D eigenvalue weighted by molar-refractivity contribution is -0.118. The van der Waals surface area contributed by atoms with E-state index in [-0.39, 0.29) is 11.5 Å². The summed E-state index contributed by atoms with van der Waals surface area (Å²) in [5, 5.41) is 0. The number of nitrogens with zero attached hydrogens (tertiary/aromatic N) is 2. The fraction of sp³-hybridized carbons (Fsp3) is 0.167. The largest absolute Gasteiger partial charge is 0.391 e. The number of hydrogen-bond donors (Lipinski definition) is 0. The Hall–Kier alpha value is -1.94. The minimum absolute atomic E-state index is 0.0850. The molecule has 0 aromatic carbocycles. The van der Waals surface area contributed by atoms with E-state index >= 15 is 0 Å². The molecule has 0 N–H and O–H groups in total. The minimum Gasteiger partial charge on any atom is -0.319 e. The molecule has 4 nitrogen and oxygen atoms in total. The molecule has 0 spiro atoms. The molecule has 1 aliphatic rings. The summed E-state index contributed by atoms with van der Waals surface area (Å²) in [7, 11) is 3.38. The van der Waals surface area contributed by atoms with Crippen molar-refractivity contribution < 1.29 is 4.79 Å². The zero-order chi connectivity index (χ0) is 11.7. The van der Waals surface area contributed by atoms with Crippen LogP contribution in [0, 0.1) is 0 Å². The van der Waals surface area contributed by atoms with E-state index in [9.17, 15) is 9.59 Å². The summed E-state index contributed by atoms with van der Waals surface area (Å²) in [5.41, 5.74) is 1.44. The number of pyridine rings is 1. The molecular formula is C12H12N2O2+. The van der Waals surface area contributed by atoms with E-state index in [1.807, 2.05) is 12.1 Å². The number of rotatable bonds is 1. The van der Waals surface area contributed by atoms with E-state index in [0.29, 0.717) is 0 Å². The Kier molecular flexibility index (Phi) is 2.58. The quantitative estimate of drug-likeness (QED) is 0.645. The monoisotopic (exact) mass is 216 g/mol. The van der Waals surface area contributed by atoms with Crippen LogP contribution in [0.4, 0.5) is 0 Å². The molecule has 1 aromatic heterocycles. The van der Waals surface area contributed by atoms with Gasteiger partial charge < -0.3 is 4.57 Å². The van der Waals surface area contributed by atoms with Gasteiger partial charge in [0.15, 0.2) is 6.20 Å². The molecule has 1 amide bonds. The molecule has 0 aliphatic carbocycles. The van der Waals surface area contributed by atoms with Crippen LogP contribution in [0.3, 0.4) is 0 Å². The van der Waals surface area contributed by atoms with Crippen LogP contribution in [0.5, 0.6) is 0 Å². The van der Waals surface area contributed by atoms with Crippen molar-refractivity contribution in [1.29, 1.82) is 0 Å². The first-order valence-electron chi connectivity index (χ1n) is 4.92. The molecule has 16 heavy (non-hydrogen) atoms. The van der Waals surface area contributed by atoms with Crippen molar-refractivity contribution in [1.82, 2.24) is 9.47 Å². The van der Waals surface area contributed by atoms with Crippen molar-refractivity contribution in [2.75, 3.05) is 7.05 Å². The van der Waals surface area contributed by atoms with E-state index < -0.39 is 0 Å². The molecule has 2 rings (SSSR count). The summed E-state index contributed by atoms with van der Waals surface area (Å²) < 4.78 is 1.49. The van der Waals surface area contributed by atoms with E-state index in [2.05, 4.69) is 0 Å². The summed E-state index contributed by atoms with van der Waals surface area (Å²) in [5.74, 6) is -0.0850. The maximum Gasteiger partial charge on any atom is 0.391 e. The van der Waals surface area contributed by atoms with Gasteiger partial charge in [-0.3, -0.25) is 4.79 Å². The second-order valence-electron chi connectivity index (χ2n) is 3.73. The maximum atomic E-state index is 11.4. The van der Waals surface area contributed by atoms with Crippen molar-refractivity contribution in [3.05, 3.63) is 52.6 Å². The number of carbonyl (C=O) groups excluding carboxylic acids is 1. The van der Waals surface area contributed by atoms with Gasteiger partial charge in [-0.05, 0) is 17.2 Å². The van der Waals surface area contributed by atoms with E-state index in [0.717, 1.165) is 11.1 Å². The minimum atomic E-state index is -0.0850. The van der Waals surface area contributed by atoms with Crippen molar-refractivity contribution in [2.45, 2.75) is 0 Å². The Morgan fingerprint density at radius 2 is 2.06 bits per heavy atom. The molecule has 81 valence electrons. The highest BCUT2D eigenvalue weighted by Gasteiger charge is 2.20. The molecule has 0 saturated carbocycles. The first-order valence-corrected chi connectivity index (χ1v) is 4.92. The first kappa shape index (κ1) is 10.6. The third-order valence-electron chi connectivity index (χ3n) is 2.54. The second-order valence-corrected chi connectivity index (χ2v) is 3.73. The van der Waals surface area contributed by atoms with Gasteiger partial charge in [-0.25, -0.2) is 4.79 Å². The standard InChI is InChI=1S/C12H12N2O2/c1-13-5-3-9(7-11(13)15)10-4-6-14(2)12(16)8-10/h3-8H,1-2H3/q+1. The molecule has 1 aliphatic heterocycles. The molecule has 0 unspecified atom stereocenters. The fourth-order valence-electron chi connectivity index (χ4n) is 1.46. The van der Waals surface area contributed by atoms with Crippen LogP contribution in [0.25, 0.3) is 5.57 Å². The zero-order valence-corrected chi connectivity index (χ0v) is 9.18. The number of carbonyl (C=O) groups is 1. The van der Waals surface area contributed by atoms with Crippen LogP contribution in [-0.2, 0) is 11.8 Å². The molecule has 0 bridgehead atoms. The van der Waals surface area contributed by atoms with E-state index in [4.69, 9.17) is 0 Å². The summed E-state index contributed by atoms with van der Waals surface area (Å²) in [4.78, 5) is 24.4. The zero-order valence-electron chi connectivity index (χ0n) is 9.18. The van der Waals surface area contributed by atoms with Crippen LogP contribution in [0.1, 0.15) is 5.56 Å². The number of amides is 1. The van der Waals surface area contributed by atoms with E-state index in [1.54, 1.807) is 26.5 Å². The van der Waals surface area contributed by atoms with Crippen LogP contribution >= 0.6 is 0 Å². The highest BCUT2D eigenvalue weighted by Crippen LogP contribution is 2.16. The lowest BCUT2D eigenvalue weighted by atomic mass is 10.1. The smallest absolute Gasteiger partial charge is 0.319 e. The third kappa shape index (κ3) is 1.87. The number of aromatic nitrogens is 1. The fourth-order valence-corrected chi connectivity index (χ4v) is 1.46. The molecule has 0 saturated heterocycles. The highest BCUT2D eigenvalue weighted by atomic mass is 16.2. The van der Waals surface area contributed by atoms with Gasteiger partial charge in [-0.1, -0.05) is 4.90 Å². The van der Waals surface area contributed by atoms with Gasteiger partial charge >= 0.3 is 5.91 Å². The molecular weight excluding hydrogens is 204 g/mol. The Bertz CT molecular complexity index is 552. The van der Waals surface area contributed by atoms with Crippen LogP contribution < -0.4 is 10.5 Å². The van der Waals surface area contributed by atoms with Gasteiger partial charge in [0.05, 0.1) is 6.08 Å². The summed E-state index contributed by atoms with van der Waals surface area (Å²) >= 11 is 0. The van der Waals surface area contributed by atoms with Crippen molar-refractivity contribution >= 4 is 11.5 Å². The summed E-state index contributed by atoms with van der Waals surface area (Å²) in [6.45, 7) is 0. The number of likely N-dealkylation sites (N-methyl/N-ethyl adjacent to an activating group) is 1. The van der Waals surface area contributed by atoms with Crippen molar-refractivity contribution in [3.63, 3.8) is 0 Å². The van der Waals surface area contributed by atoms with Gasteiger partial charge in [0.25, 0.3) is 5.56 Å². The predicted molar refractivity (Wildman–Crippen MR) is 61.9 cm³/mol. The molecule has 0 fully saturated rings. The van der Waals surface area contributed by atoms with Gasteiger partial charge in [-0.15, -0.1) is 0 Å². The first-order chi connectivity index (χ1) is 7.58. The molecule has 1 aromatic rings.